The van der Waals surface area contributed by atoms with Crippen LogP contribution in [-0.2, 0) is 9.53 Å². The second-order valence-corrected chi connectivity index (χ2v) is 4.14. The minimum absolute atomic E-state index is 0.0960. The zero-order valence-electron chi connectivity index (χ0n) is 9.39. The van der Waals surface area contributed by atoms with Gasteiger partial charge in [-0.3, -0.25) is 9.80 Å². The fourth-order valence-corrected chi connectivity index (χ4v) is 0.875. The van der Waals surface area contributed by atoms with E-state index in [0.717, 1.165) is 5.01 Å². The van der Waals surface area contributed by atoms with Crippen molar-refractivity contribution in [3.8, 4) is 0 Å². The monoisotopic (exact) mass is 218 g/mol. The van der Waals surface area contributed by atoms with E-state index >= 15 is 0 Å². The first-order valence-electron chi connectivity index (χ1n) is 4.79. The maximum Gasteiger partial charge on any atom is 0.305 e. The molecule has 0 amide bonds. The van der Waals surface area contributed by atoms with Crippen LogP contribution < -0.4 is 0 Å². The standard InChI is InChI=1S/C9H18N2O4/c1-9(2,3)15-7-6-11(10-14)5-4-8(12)13/h4-7H2,1-3H3,(H,12,13). The normalized spacial score (nSPS) is 11.1. The summed E-state index contributed by atoms with van der Waals surface area (Å²) in [5.41, 5.74) is -0.263. The summed E-state index contributed by atoms with van der Waals surface area (Å²) in [6.07, 6.45) is -0.0960. The number of ether oxygens (including phenoxy) is 1. The lowest BCUT2D eigenvalue weighted by Gasteiger charge is -2.21. The van der Waals surface area contributed by atoms with Gasteiger partial charge in [0.05, 0.1) is 30.5 Å². The Kier molecular flexibility index (Phi) is 5.84. The molecule has 88 valence electrons. The molecule has 0 aliphatic rings. The highest BCUT2D eigenvalue weighted by Gasteiger charge is 2.11. The minimum Gasteiger partial charge on any atom is -0.481 e. The molecule has 0 unspecified atom stereocenters. The largest absolute Gasteiger partial charge is 0.481 e. The summed E-state index contributed by atoms with van der Waals surface area (Å²) in [5.74, 6) is -0.944. The number of hydrogen-bond donors (Lipinski definition) is 1. The first-order valence-corrected chi connectivity index (χ1v) is 4.79. The van der Waals surface area contributed by atoms with Crippen molar-refractivity contribution in [3.05, 3.63) is 4.91 Å². The summed E-state index contributed by atoms with van der Waals surface area (Å²) in [6, 6.07) is 0. The zero-order chi connectivity index (χ0) is 11.9. The number of aliphatic carboxylic acids is 1. The van der Waals surface area contributed by atoms with Crippen LogP contribution in [0.3, 0.4) is 0 Å². The van der Waals surface area contributed by atoms with Crippen molar-refractivity contribution in [2.45, 2.75) is 32.8 Å². The molecule has 0 saturated carbocycles. The van der Waals surface area contributed by atoms with E-state index in [2.05, 4.69) is 5.29 Å². The average Bonchev–Trinajstić information content (AvgIpc) is 2.08. The van der Waals surface area contributed by atoms with E-state index in [1.165, 1.54) is 0 Å². The van der Waals surface area contributed by atoms with Gasteiger partial charge in [-0.15, -0.1) is 4.91 Å². The Morgan fingerprint density at radius 1 is 1.40 bits per heavy atom. The Morgan fingerprint density at radius 3 is 2.40 bits per heavy atom. The van der Waals surface area contributed by atoms with E-state index in [-0.39, 0.29) is 18.6 Å². The Balaban J connectivity index is 3.71. The molecule has 0 radical (unpaired) electrons. The van der Waals surface area contributed by atoms with E-state index in [1.54, 1.807) is 0 Å². The fourth-order valence-electron chi connectivity index (χ4n) is 0.875. The van der Waals surface area contributed by atoms with Gasteiger partial charge in [0.1, 0.15) is 0 Å². The van der Waals surface area contributed by atoms with Gasteiger partial charge in [-0.25, -0.2) is 0 Å². The predicted molar refractivity (Wildman–Crippen MR) is 55.3 cm³/mol. The van der Waals surface area contributed by atoms with Crippen molar-refractivity contribution in [2.24, 2.45) is 5.29 Å². The lowest BCUT2D eigenvalue weighted by molar-refractivity contribution is -0.137. The molecule has 0 aromatic carbocycles. The van der Waals surface area contributed by atoms with Crippen molar-refractivity contribution < 1.29 is 14.6 Å². The molecule has 6 heteroatoms. The zero-order valence-corrected chi connectivity index (χ0v) is 9.39. The number of hydrogen-bond acceptors (Lipinski definition) is 4. The van der Waals surface area contributed by atoms with Crippen molar-refractivity contribution >= 4 is 5.97 Å². The van der Waals surface area contributed by atoms with Crippen LogP contribution in [0.2, 0.25) is 0 Å². The Hall–Kier alpha value is -1.17. The molecule has 0 aliphatic carbocycles. The van der Waals surface area contributed by atoms with Gasteiger partial charge in [-0.05, 0) is 20.8 Å². The van der Waals surface area contributed by atoms with E-state index in [9.17, 15) is 9.70 Å². The third-order valence-electron chi connectivity index (χ3n) is 1.58. The predicted octanol–water partition coefficient (Wildman–Crippen LogP) is 1.26. The molecule has 0 fully saturated rings. The van der Waals surface area contributed by atoms with E-state index in [0.29, 0.717) is 13.2 Å². The lowest BCUT2D eigenvalue weighted by atomic mass is 10.2. The maximum absolute atomic E-state index is 10.3. The molecule has 15 heavy (non-hydrogen) atoms. The molecule has 1 N–H and O–H groups in total. The first-order chi connectivity index (χ1) is 6.85. The quantitative estimate of drug-likeness (QED) is 0.514. The lowest BCUT2D eigenvalue weighted by Crippen LogP contribution is -2.28. The van der Waals surface area contributed by atoms with Gasteiger partial charge in [0.25, 0.3) is 0 Å². The van der Waals surface area contributed by atoms with Crippen LogP contribution in [0.25, 0.3) is 0 Å². The number of nitrogens with zero attached hydrogens (tertiary/aromatic N) is 2. The third kappa shape index (κ3) is 9.14. The highest BCUT2D eigenvalue weighted by molar-refractivity contribution is 5.66. The number of carbonyl (C=O) groups is 1. The van der Waals surface area contributed by atoms with Crippen LogP contribution in [-0.4, -0.2) is 41.4 Å². The number of carboxylic acids is 1. The van der Waals surface area contributed by atoms with Crippen LogP contribution in [0.4, 0.5) is 0 Å². The molecule has 0 aromatic heterocycles. The Bertz CT molecular complexity index is 213. The molecule has 0 rings (SSSR count). The Morgan fingerprint density at radius 2 is 2.00 bits per heavy atom. The summed E-state index contributed by atoms with van der Waals surface area (Å²) in [5, 5.41) is 12.3. The summed E-state index contributed by atoms with van der Waals surface area (Å²) >= 11 is 0. The molecular formula is C9H18N2O4. The topological polar surface area (TPSA) is 79.2 Å². The second kappa shape index (κ2) is 6.34. The highest BCUT2D eigenvalue weighted by Crippen LogP contribution is 2.06. The van der Waals surface area contributed by atoms with Gasteiger partial charge < -0.3 is 9.84 Å². The van der Waals surface area contributed by atoms with Gasteiger partial charge in [-0.1, -0.05) is 0 Å². The molecule has 6 nitrogen and oxygen atoms in total. The van der Waals surface area contributed by atoms with Crippen LogP contribution in [0.15, 0.2) is 5.29 Å². The van der Waals surface area contributed by atoms with Crippen LogP contribution in [0.1, 0.15) is 27.2 Å². The van der Waals surface area contributed by atoms with Gasteiger partial charge in [0.2, 0.25) is 0 Å². The van der Waals surface area contributed by atoms with Crippen molar-refractivity contribution in [3.63, 3.8) is 0 Å². The molecular weight excluding hydrogens is 200 g/mol. The SMILES string of the molecule is CC(C)(C)OCCN(CCC(=O)O)N=O. The first kappa shape index (κ1) is 13.8. The van der Waals surface area contributed by atoms with Crippen LogP contribution in [0.5, 0.6) is 0 Å². The molecule has 0 aliphatic heterocycles. The molecule has 0 atom stereocenters. The fraction of sp³-hybridized carbons (Fsp3) is 0.889. The van der Waals surface area contributed by atoms with E-state index in [1.807, 2.05) is 20.8 Å². The third-order valence-corrected chi connectivity index (χ3v) is 1.58. The molecule has 0 heterocycles. The van der Waals surface area contributed by atoms with Crippen molar-refractivity contribution in [1.82, 2.24) is 5.01 Å². The minimum atomic E-state index is -0.944. The van der Waals surface area contributed by atoms with E-state index in [4.69, 9.17) is 9.84 Å². The van der Waals surface area contributed by atoms with Gasteiger partial charge >= 0.3 is 5.97 Å². The van der Waals surface area contributed by atoms with Crippen molar-refractivity contribution in [1.29, 1.82) is 0 Å². The van der Waals surface area contributed by atoms with Gasteiger partial charge in [0.15, 0.2) is 0 Å². The number of rotatable bonds is 7. The number of nitroso groups, excluding NO2 is 1. The van der Waals surface area contributed by atoms with Crippen LogP contribution >= 0.6 is 0 Å². The molecule has 0 aromatic rings. The summed E-state index contributed by atoms with van der Waals surface area (Å²) in [6.45, 7) is 6.50. The van der Waals surface area contributed by atoms with E-state index < -0.39 is 5.97 Å². The van der Waals surface area contributed by atoms with Gasteiger partial charge in [-0.2, -0.15) is 0 Å². The summed E-state index contributed by atoms with van der Waals surface area (Å²) < 4.78 is 5.38. The van der Waals surface area contributed by atoms with Crippen molar-refractivity contribution in [2.75, 3.05) is 19.7 Å². The Labute approximate surface area is 89.2 Å². The second-order valence-electron chi connectivity index (χ2n) is 4.14. The number of carboxylic acid groups (broad SMARTS) is 1. The maximum atomic E-state index is 10.3. The van der Waals surface area contributed by atoms with Crippen LogP contribution in [0, 0.1) is 4.91 Å². The molecule has 0 bridgehead atoms. The van der Waals surface area contributed by atoms with Gasteiger partial charge in [0, 0.05) is 6.54 Å². The average molecular weight is 218 g/mol. The molecule has 0 saturated heterocycles. The smallest absolute Gasteiger partial charge is 0.305 e. The molecule has 0 spiro atoms. The summed E-state index contributed by atoms with van der Waals surface area (Å²) in [7, 11) is 0. The summed E-state index contributed by atoms with van der Waals surface area (Å²) in [4.78, 5) is 20.6. The highest BCUT2D eigenvalue weighted by atomic mass is 16.5.